The molecule has 0 aromatic rings. The molecule has 0 heterocycles. The summed E-state index contributed by atoms with van der Waals surface area (Å²) in [7, 11) is 0. The van der Waals surface area contributed by atoms with Crippen LogP contribution in [0, 0.1) is 46.3 Å². The lowest BCUT2D eigenvalue weighted by molar-refractivity contribution is -0.183. The van der Waals surface area contributed by atoms with Gasteiger partial charge in [0.25, 0.3) is 0 Å². The van der Waals surface area contributed by atoms with Crippen molar-refractivity contribution in [2.75, 3.05) is 0 Å². The Morgan fingerprint density at radius 2 is 1.81 bits per heavy atom. The van der Waals surface area contributed by atoms with Crippen LogP contribution in [0.5, 0.6) is 0 Å². The topological polar surface area (TPSA) is 40.5 Å². The van der Waals surface area contributed by atoms with Crippen molar-refractivity contribution in [2.24, 2.45) is 46.3 Å². The first-order valence-electron chi connectivity index (χ1n) is 13.3. The zero-order valence-electron chi connectivity index (χ0n) is 20.9. The van der Waals surface area contributed by atoms with Gasteiger partial charge in [-0.05, 0) is 111 Å². The van der Waals surface area contributed by atoms with Crippen LogP contribution in [0.25, 0.3) is 0 Å². The summed E-state index contributed by atoms with van der Waals surface area (Å²) < 4.78 is 0. The maximum atomic E-state index is 12.4. The van der Waals surface area contributed by atoms with Gasteiger partial charge in [0.1, 0.15) is 0 Å². The summed E-state index contributed by atoms with van der Waals surface area (Å²) in [4.78, 5) is 0. The zero-order valence-corrected chi connectivity index (χ0v) is 20.9. The molecule has 2 heteroatoms. The highest BCUT2D eigenvalue weighted by Crippen LogP contribution is 2.69. The van der Waals surface area contributed by atoms with Crippen molar-refractivity contribution in [3.63, 3.8) is 0 Å². The van der Waals surface area contributed by atoms with E-state index in [2.05, 4.69) is 53.3 Å². The molecule has 0 aliphatic heterocycles. The Bertz CT molecular complexity index is 710. The Balaban J connectivity index is 1.54. The van der Waals surface area contributed by atoms with Crippen LogP contribution in [0.15, 0.2) is 24.3 Å². The predicted octanol–water partition coefficient (Wildman–Crippen LogP) is 6.92. The first-order chi connectivity index (χ1) is 14.6. The van der Waals surface area contributed by atoms with Crippen molar-refractivity contribution in [2.45, 2.75) is 111 Å². The third-order valence-electron chi connectivity index (χ3n) is 11.1. The van der Waals surface area contributed by atoms with Gasteiger partial charge in [0, 0.05) is 0 Å². The number of hydrogen-bond donors (Lipinski definition) is 2. The summed E-state index contributed by atoms with van der Waals surface area (Å²) in [6.07, 6.45) is 15.4. The molecule has 3 saturated carbocycles. The second kappa shape index (κ2) is 8.32. The largest absolute Gasteiger partial charge is 0.393 e. The fourth-order valence-corrected chi connectivity index (χ4v) is 8.94. The van der Waals surface area contributed by atoms with Crippen molar-refractivity contribution in [3.8, 4) is 0 Å². The minimum Gasteiger partial charge on any atom is -0.393 e. The molecule has 0 radical (unpaired) electrons. The van der Waals surface area contributed by atoms with Crippen LogP contribution >= 0.6 is 0 Å². The Hall–Kier alpha value is -0.600. The molecule has 0 spiro atoms. The second-order valence-electron chi connectivity index (χ2n) is 12.7. The molecule has 2 N–H and O–H groups in total. The van der Waals surface area contributed by atoms with E-state index in [4.69, 9.17) is 0 Å². The Morgan fingerprint density at radius 1 is 1.06 bits per heavy atom. The standard InChI is InChI=1S/C29H48O2/c1-7-21(19(2)3)9-8-20(4)24-14-17-29(31)26-11-10-22-18-23(30)12-15-27(22,5)25(26)13-16-28(24,29)6/h7,10,19-21,23-26,30-31H,1,8-9,11-18H2,2-6H3. The quantitative estimate of drug-likeness (QED) is 0.451. The summed E-state index contributed by atoms with van der Waals surface area (Å²) in [6, 6.07) is 0. The van der Waals surface area contributed by atoms with Crippen LogP contribution in [0.3, 0.4) is 0 Å². The lowest BCUT2D eigenvalue weighted by Gasteiger charge is -2.61. The highest BCUT2D eigenvalue weighted by Gasteiger charge is 2.66. The molecule has 0 aromatic heterocycles. The van der Waals surface area contributed by atoms with E-state index in [0.717, 1.165) is 32.1 Å². The molecular weight excluding hydrogens is 380 g/mol. The van der Waals surface area contributed by atoms with Crippen molar-refractivity contribution >= 4 is 0 Å². The van der Waals surface area contributed by atoms with Crippen LogP contribution < -0.4 is 0 Å². The third-order valence-corrected chi connectivity index (χ3v) is 11.1. The fourth-order valence-electron chi connectivity index (χ4n) is 8.94. The van der Waals surface area contributed by atoms with Gasteiger partial charge in [0.2, 0.25) is 0 Å². The van der Waals surface area contributed by atoms with E-state index in [9.17, 15) is 10.2 Å². The number of fused-ring (bicyclic) bond motifs is 5. The number of aliphatic hydroxyl groups excluding tert-OH is 1. The Labute approximate surface area is 191 Å². The van der Waals surface area contributed by atoms with Crippen molar-refractivity contribution < 1.29 is 10.2 Å². The molecule has 4 aliphatic carbocycles. The number of rotatable bonds is 6. The molecular formula is C29H48O2. The SMILES string of the molecule is C=CC(CCC(C)C1CCC2(O)C3CC=C4CC(O)CCC4(C)C3CCC12C)C(C)C. The fraction of sp³-hybridized carbons (Fsp3) is 0.862. The zero-order chi connectivity index (χ0) is 22.6. The maximum Gasteiger partial charge on any atom is 0.0737 e. The highest BCUT2D eigenvalue weighted by atomic mass is 16.3. The number of allylic oxidation sites excluding steroid dienone is 2. The lowest BCUT2D eigenvalue weighted by atomic mass is 9.45. The molecule has 9 atom stereocenters. The van der Waals surface area contributed by atoms with Crippen molar-refractivity contribution in [3.05, 3.63) is 24.3 Å². The summed E-state index contributed by atoms with van der Waals surface area (Å²) in [6.45, 7) is 16.0. The average molecular weight is 429 g/mol. The monoisotopic (exact) mass is 428 g/mol. The molecule has 0 aromatic carbocycles. The van der Waals surface area contributed by atoms with Crippen LogP contribution in [0.1, 0.15) is 98.8 Å². The predicted molar refractivity (Wildman–Crippen MR) is 130 cm³/mol. The Kier molecular flexibility index (Phi) is 6.32. The van der Waals surface area contributed by atoms with Crippen LogP contribution in [0.4, 0.5) is 0 Å². The van der Waals surface area contributed by atoms with Crippen LogP contribution in [0.2, 0.25) is 0 Å². The van der Waals surface area contributed by atoms with Gasteiger partial charge in [0.15, 0.2) is 0 Å². The van der Waals surface area contributed by atoms with Crippen molar-refractivity contribution in [1.29, 1.82) is 0 Å². The van der Waals surface area contributed by atoms with E-state index in [1.54, 1.807) is 0 Å². The first kappa shape index (κ1) is 23.6. The van der Waals surface area contributed by atoms with E-state index < -0.39 is 5.60 Å². The molecule has 31 heavy (non-hydrogen) atoms. The average Bonchev–Trinajstić information content (AvgIpc) is 3.00. The van der Waals surface area contributed by atoms with E-state index in [1.165, 1.54) is 37.7 Å². The molecule has 9 unspecified atom stereocenters. The lowest BCUT2D eigenvalue weighted by Crippen LogP contribution is -2.60. The van der Waals surface area contributed by atoms with E-state index in [0.29, 0.717) is 35.5 Å². The van der Waals surface area contributed by atoms with Crippen LogP contribution in [-0.2, 0) is 0 Å². The molecule has 176 valence electrons. The van der Waals surface area contributed by atoms with Gasteiger partial charge in [-0.2, -0.15) is 0 Å². The van der Waals surface area contributed by atoms with E-state index in [-0.39, 0.29) is 16.9 Å². The molecule has 0 saturated heterocycles. The van der Waals surface area contributed by atoms with E-state index >= 15 is 0 Å². The maximum absolute atomic E-state index is 12.4. The van der Waals surface area contributed by atoms with Gasteiger partial charge in [0.05, 0.1) is 11.7 Å². The second-order valence-corrected chi connectivity index (χ2v) is 12.7. The van der Waals surface area contributed by atoms with Crippen LogP contribution in [-0.4, -0.2) is 21.9 Å². The molecule has 3 fully saturated rings. The molecule has 0 bridgehead atoms. The van der Waals surface area contributed by atoms with Crippen molar-refractivity contribution in [1.82, 2.24) is 0 Å². The molecule has 2 nitrogen and oxygen atoms in total. The number of hydrogen-bond acceptors (Lipinski definition) is 2. The summed E-state index contributed by atoms with van der Waals surface area (Å²) in [5.74, 6) is 3.53. The van der Waals surface area contributed by atoms with Gasteiger partial charge in [-0.3, -0.25) is 0 Å². The normalized spacial score (nSPS) is 46.5. The summed E-state index contributed by atoms with van der Waals surface area (Å²) in [5, 5.41) is 22.6. The molecule has 4 aliphatic rings. The Morgan fingerprint density at radius 3 is 2.48 bits per heavy atom. The van der Waals surface area contributed by atoms with Gasteiger partial charge < -0.3 is 10.2 Å². The highest BCUT2D eigenvalue weighted by molar-refractivity contribution is 5.28. The van der Waals surface area contributed by atoms with E-state index in [1.807, 2.05) is 0 Å². The first-order valence-corrected chi connectivity index (χ1v) is 13.3. The third kappa shape index (κ3) is 3.59. The van der Waals surface area contributed by atoms with Gasteiger partial charge in [-0.25, -0.2) is 0 Å². The summed E-state index contributed by atoms with van der Waals surface area (Å²) >= 11 is 0. The minimum atomic E-state index is -0.522. The number of aliphatic hydroxyl groups is 2. The van der Waals surface area contributed by atoms with Gasteiger partial charge >= 0.3 is 0 Å². The van der Waals surface area contributed by atoms with Gasteiger partial charge in [-0.15, -0.1) is 6.58 Å². The summed E-state index contributed by atoms with van der Waals surface area (Å²) in [5.41, 5.74) is 1.21. The molecule has 4 rings (SSSR count). The molecule has 0 amide bonds. The van der Waals surface area contributed by atoms with Gasteiger partial charge in [-0.1, -0.05) is 52.3 Å². The minimum absolute atomic E-state index is 0.0466. The smallest absolute Gasteiger partial charge is 0.0737 e.